The van der Waals surface area contributed by atoms with Crippen molar-refractivity contribution in [2.24, 2.45) is 0 Å². The molecule has 0 fully saturated rings. The van der Waals surface area contributed by atoms with Crippen molar-refractivity contribution in [3.8, 4) is 0 Å². The number of nitro groups is 1. The molecule has 1 aromatic carbocycles. The van der Waals surface area contributed by atoms with E-state index in [4.69, 9.17) is 11.6 Å². The number of pyridine rings is 1. The number of halogens is 3. The Labute approximate surface area is 121 Å². The van der Waals surface area contributed by atoms with Crippen LogP contribution in [0, 0.1) is 21.7 Å². The Morgan fingerprint density at radius 1 is 1.33 bits per heavy atom. The minimum atomic E-state index is -1.52. The molecule has 0 aliphatic carbocycles. The van der Waals surface area contributed by atoms with E-state index in [2.05, 4.69) is 4.98 Å². The molecule has 9 heteroatoms. The van der Waals surface area contributed by atoms with Crippen molar-refractivity contribution >= 4 is 28.9 Å². The number of carbonyl (C=O) groups excluding carboxylic acids is 1. The second-order valence-electron chi connectivity index (χ2n) is 3.83. The molecule has 108 valence electrons. The van der Waals surface area contributed by atoms with Crippen LogP contribution in [0.1, 0.15) is 10.4 Å². The molecule has 0 aliphatic heterocycles. The highest BCUT2D eigenvalue weighted by molar-refractivity contribution is 6.29. The maximum absolute atomic E-state index is 13.6. The van der Waals surface area contributed by atoms with E-state index in [1.807, 2.05) is 5.32 Å². The monoisotopic (exact) mass is 313 g/mol. The second kappa shape index (κ2) is 5.80. The third-order valence-electron chi connectivity index (χ3n) is 2.50. The van der Waals surface area contributed by atoms with Crippen molar-refractivity contribution in [2.45, 2.75) is 0 Å². The van der Waals surface area contributed by atoms with Crippen LogP contribution in [-0.4, -0.2) is 15.8 Å². The number of nitro benzene ring substituents is 1. The van der Waals surface area contributed by atoms with Crippen LogP contribution in [0.25, 0.3) is 0 Å². The van der Waals surface area contributed by atoms with E-state index in [0.717, 1.165) is 6.07 Å². The van der Waals surface area contributed by atoms with Gasteiger partial charge in [-0.2, -0.15) is 0 Å². The van der Waals surface area contributed by atoms with Gasteiger partial charge in [-0.05, 0) is 18.2 Å². The molecule has 0 atom stereocenters. The van der Waals surface area contributed by atoms with Crippen LogP contribution in [0.5, 0.6) is 0 Å². The Kier molecular flexibility index (Phi) is 4.08. The summed E-state index contributed by atoms with van der Waals surface area (Å²) in [6.45, 7) is 0. The average molecular weight is 314 g/mol. The Morgan fingerprint density at radius 3 is 2.67 bits per heavy atom. The van der Waals surface area contributed by atoms with Gasteiger partial charge in [0.2, 0.25) is 0 Å². The number of carbonyl (C=O) groups is 1. The number of aromatic nitrogens is 1. The molecule has 21 heavy (non-hydrogen) atoms. The Morgan fingerprint density at radius 2 is 2.05 bits per heavy atom. The summed E-state index contributed by atoms with van der Waals surface area (Å²) in [6, 6.07) is 3.81. The highest BCUT2D eigenvalue weighted by atomic mass is 35.5. The Hall–Kier alpha value is -2.61. The molecule has 2 aromatic rings. The number of benzene rings is 1. The summed E-state index contributed by atoms with van der Waals surface area (Å²) in [5.41, 5.74) is -1.62. The van der Waals surface area contributed by atoms with Crippen molar-refractivity contribution in [3.63, 3.8) is 0 Å². The van der Waals surface area contributed by atoms with Gasteiger partial charge in [0.1, 0.15) is 5.15 Å². The summed E-state index contributed by atoms with van der Waals surface area (Å²) in [5, 5.41) is 12.8. The summed E-state index contributed by atoms with van der Waals surface area (Å²) in [5.74, 6) is -3.71. The van der Waals surface area contributed by atoms with Crippen LogP contribution < -0.4 is 5.32 Å². The smallest absolute Gasteiger partial charge is 0.296 e. The minimum Gasteiger partial charge on any atom is -0.314 e. The Balaban J connectivity index is 2.41. The second-order valence-corrected chi connectivity index (χ2v) is 4.22. The summed E-state index contributed by atoms with van der Waals surface area (Å²) in [6.07, 6.45) is 1.23. The van der Waals surface area contributed by atoms with Gasteiger partial charge >= 0.3 is 0 Å². The first-order valence-corrected chi connectivity index (χ1v) is 5.83. The van der Waals surface area contributed by atoms with Gasteiger partial charge in [-0.15, -0.1) is 0 Å². The van der Waals surface area contributed by atoms with Crippen LogP contribution in [0.3, 0.4) is 0 Å². The van der Waals surface area contributed by atoms with Gasteiger partial charge in [0.15, 0.2) is 17.3 Å². The van der Waals surface area contributed by atoms with Crippen molar-refractivity contribution < 1.29 is 18.5 Å². The SMILES string of the molecule is O=C(Nc1c([N+](=O)[O-])ccc(F)c1F)c1ccnc(Cl)c1. The summed E-state index contributed by atoms with van der Waals surface area (Å²) in [7, 11) is 0. The van der Waals surface area contributed by atoms with E-state index in [9.17, 15) is 23.7 Å². The third kappa shape index (κ3) is 3.11. The number of nitrogens with zero attached hydrogens (tertiary/aromatic N) is 2. The molecule has 0 spiro atoms. The van der Waals surface area contributed by atoms with E-state index in [-0.39, 0.29) is 10.7 Å². The summed E-state index contributed by atoms with van der Waals surface area (Å²) < 4.78 is 26.8. The number of rotatable bonds is 3. The lowest BCUT2D eigenvalue weighted by Gasteiger charge is -2.07. The van der Waals surface area contributed by atoms with Crippen LogP contribution >= 0.6 is 11.6 Å². The van der Waals surface area contributed by atoms with E-state index < -0.39 is 33.8 Å². The van der Waals surface area contributed by atoms with Crippen LogP contribution in [-0.2, 0) is 0 Å². The van der Waals surface area contributed by atoms with E-state index >= 15 is 0 Å². The highest BCUT2D eigenvalue weighted by Crippen LogP contribution is 2.29. The topological polar surface area (TPSA) is 85.1 Å². The molecule has 0 bridgehead atoms. The normalized spacial score (nSPS) is 10.2. The van der Waals surface area contributed by atoms with Crippen molar-refractivity contribution in [1.82, 2.24) is 4.98 Å². The van der Waals surface area contributed by atoms with Crippen LogP contribution in [0.15, 0.2) is 30.5 Å². The number of anilines is 1. The lowest BCUT2D eigenvalue weighted by atomic mass is 10.2. The molecule has 0 saturated heterocycles. The number of amides is 1. The predicted octanol–water partition coefficient (Wildman–Crippen LogP) is 3.17. The molecule has 0 unspecified atom stereocenters. The van der Waals surface area contributed by atoms with Gasteiger partial charge in [0.05, 0.1) is 4.92 Å². The first kappa shape index (κ1) is 14.8. The molecule has 0 saturated carbocycles. The fourth-order valence-corrected chi connectivity index (χ4v) is 1.71. The van der Waals surface area contributed by atoms with Crippen molar-refractivity contribution in [3.05, 3.63) is 62.9 Å². The van der Waals surface area contributed by atoms with Crippen LogP contribution in [0.2, 0.25) is 5.15 Å². The third-order valence-corrected chi connectivity index (χ3v) is 2.70. The fourth-order valence-electron chi connectivity index (χ4n) is 1.54. The van der Waals surface area contributed by atoms with Crippen LogP contribution in [0.4, 0.5) is 20.2 Å². The standard InChI is InChI=1S/C12H6ClF2N3O3/c13-9-5-6(3-4-16-9)12(19)17-11-8(18(20)21)2-1-7(14)10(11)15/h1-5H,(H,17,19). The first-order valence-electron chi connectivity index (χ1n) is 5.45. The number of nitrogens with one attached hydrogen (secondary N) is 1. The minimum absolute atomic E-state index is 0.00652. The highest BCUT2D eigenvalue weighted by Gasteiger charge is 2.23. The summed E-state index contributed by atoms with van der Waals surface area (Å²) in [4.78, 5) is 25.4. The van der Waals surface area contributed by atoms with E-state index in [1.165, 1.54) is 18.3 Å². The van der Waals surface area contributed by atoms with E-state index in [1.54, 1.807) is 0 Å². The van der Waals surface area contributed by atoms with Crippen molar-refractivity contribution in [2.75, 3.05) is 5.32 Å². The van der Waals surface area contributed by atoms with Crippen molar-refractivity contribution in [1.29, 1.82) is 0 Å². The maximum Gasteiger partial charge on any atom is 0.296 e. The molecule has 1 amide bonds. The fraction of sp³-hybridized carbons (Fsp3) is 0. The van der Waals surface area contributed by atoms with E-state index in [0.29, 0.717) is 6.07 Å². The predicted molar refractivity (Wildman–Crippen MR) is 70.2 cm³/mol. The first-order chi connectivity index (χ1) is 9.90. The zero-order valence-electron chi connectivity index (χ0n) is 10.1. The van der Waals surface area contributed by atoms with Gasteiger partial charge in [-0.1, -0.05) is 11.6 Å². The lowest BCUT2D eigenvalue weighted by Crippen LogP contribution is -2.15. The quantitative estimate of drug-likeness (QED) is 0.536. The molecule has 1 aromatic heterocycles. The largest absolute Gasteiger partial charge is 0.314 e. The molecule has 6 nitrogen and oxygen atoms in total. The van der Waals surface area contributed by atoms with Gasteiger partial charge in [-0.3, -0.25) is 14.9 Å². The molecule has 1 N–H and O–H groups in total. The maximum atomic E-state index is 13.6. The molecular weight excluding hydrogens is 308 g/mol. The molecule has 0 aliphatic rings. The van der Waals surface area contributed by atoms with Gasteiger partial charge in [-0.25, -0.2) is 13.8 Å². The zero-order chi connectivity index (χ0) is 15.6. The molecule has 0 radical (unpaired) electrons. The zero-order valence-corrected chi connectivity index (χ0v) is 10.9. The van der Waals surface area contributed by atoms with Gasteiger partial charge in [0, 0.05) is 17.8 Å². The van der Waals surface area contributed by atoms with Gasteiger partial charge < -0.3 is 5.32 Å². The molecular formula is C12H6ClF2N3O3. The number of hydrogen-bond acceptors (Lipinski definition) is 4. The molecule has 1 heterocycles. The van der Waals surface area contributed by atoms with Gasteiger partial charge in [0.25, 0.3) is 11.6 Å². The summed E-state index contributed by atoms with van der Waals surface area (Å²) >= 11 is 5.60. The lowest BCUT2D eigenvalue weighted by molar-refractivity contribution is -0.384. The Bertz CT molecular complexity index is 740. The average Bonchev–Trinajstić information content (AvgIpc) is 2.43. The molecule has 2 rings (SSSR count). The number of hydrogen-bond donors (Lipinski definition) is 1.